The highest BCUT2D eigenvalue weighted by Gasteiger charge is 2.45. The van der Waals surface area contributed by atoms with E-state index < -0.39 is 0 Å². The summed E-state index contributed by atoms with van der Waals surface area (Å²) >= 11 is 1.46. The van der Waals surface area contributed by atoms with E-state index in [-0.39, 0.29) is 23.6 Å². The molecule has 0 unspecified atom stereocenters. The Morgan fingerprint density at radius 1 is 1.11 bits per heavy atom. The molecule has 1 aliphatic carbocycles. The van der Waals surface area contributed by atoms with E-state index in [0.717, 1.165) is 69.1 Å². The predicted octanol–water partition coefficient (Wildman–Crippen LogP) is 6.95. The molecule has 182 valence electrons. The number of thioether (sulfide) groups is 1. The lowest BCUT2D eigenvalue weighted by atomic mass is 9.79. The standard InChI is InChI=1S/C29H27N3O3S/c1-18-7-3-10-22-19(2)15-25(30-27(18)22)36-17-26(33)32-29(24-12-6-14-35-24)23-11-4-8-20(28(23)31-32)16-21-9-5-13-34-21/h3,5-7,9-10,12-16,23,29H,4,8,11,17H2,1-2H3/b20-16-/t23-,29+/m0/s1. The van der Waals surface area contributed by atoms with Crippen LogP contribution in [-0.4, -0.2) is 27.4 Å². The van der Waals surface area contributed by atoms with Crippen LogP contribution < -0.4 is 0 Å². The Bertz CT molecular complexity index is 1470. The second-order valence-electron chi connectivity index (χ2n) is 9.40. The summed E-state index contributed by atoms with van der Waals surface area (Å²) in [5, 5.41) is 8.54. The highest BCUT2D eigenvalue weighted by molar-refractivity contribution is 7.99. The summed E-state index contributed by atoms with van der Waals surface area (Å²) in [6.45, 7) is 4.16. The molecule has 1 aliphatic heterocycles. The maximum absolute atomic E-state index is 13.6. The zero-order chi connectivity index (χ0) is 24.6. The highest BCUT2D eigenvalue weighted by Crippen LogP contribution is 2.44. The number of furan rings is 2. The number of para-hydroxylation sites is 1. The van der Waals surface area contributed by atoms with Crippen LogP contribution in [0.5, 0.6) is 0 Å². The van der Waals surface area contributed by atoms with Gasteiger partial charge in [0, 0.05) is 11.3 Å². The van der Waals surface area contributed by atoms with Gasteiger partial charge in [0.15, 0.2) is 0 Å². The van der Waals surface area contributed by atoms with Crippen molar-refractivity contribution in [2.24, 2.45) is 11.0 Å². The molecule has 7 heteroatoms. The SMILES string of the molecule is Cc1cc(SCC(=O)N2N=C3/C(=C\c4ccco4)CCC[C@@H]3[C@@H]2c2ccco2)nc2c(C)cccc12. The van der Waals surface area contributed by atoms with Gasteiger partial charge in [-0.25, -0.2) is 9.99 Å². The summed E-state index contributed by atoms with van der Waals surface area (Å²) in [5.41, 5.74) is 5.37. The van der Waals surface area contributed by atoms with Crippen LogP contribution in [0.1, 0.15) is 48.0 Å². The maximum Gasteiger partial charge on any atom is 0.253 e. The van der Waals surface area contributed by atoms with E-state index in [4.69, 9.17) is 18.9 Å². The first-order valence-electron chi connectivity index (χ1n) is 12.3. The number of hydrazone groups is 1. The number of aryl methyl sites for hydroxylation is 2. The number of carbonyl (C=O) groups is 1. The fourth-order valence-electron chi connectivity index (χ4n) is 5.30. The molecule has 0 N–H and O–H groups in total. The van der Waals surface area contributed by atoms with Crippen molar-refractivity contribution in [1.82, 2.24) is 9.99 Å². The van der Waals surface area contributed by atoms with Gasteiger partial charge in [0.05, 0.1) is 34.5 Å². The van der Waals surface area contributed by atoms with Crippen LogP contribution in [0.4, 0.5) is 0 Å². The molecule has 0 saturated heterocycles. The number of aromatic nitrogens is 1. The van der Waals surface area contributed by atoms with Gasteiger partial charge in [-0.05, 0) is 86.2 Å². The number of hydrogen-bond donors (Lipinski definition) is 0. The number of hydrogen-bond acceptors (Lipinski definition) is 6. The molecular weight excluding hydrogens is 470 g/mol. The molecule has 36 heavy (non-hydrogen) atoms. The number of carbonyl (C=O) groups excluding carboxylic acids is 1. The minimum absolute atomic E-state index is 0.0509. The topological polar surface area (TPSA) is 71.8 Å². The minimum atomic E-state index is -0.239. The number of nitrogens with zero attached hydrogens (tertiary/aromatic N) is 3. The minimum Gasteiger partial charge on any atom is -0.467 e. The zero-order valence-corrected chi connectivity index (χ0v) is 21.1. The predicted molar refractivity (Wildman–Crippen MR) is 142 cm³/mol. The number of fused-ring (bicyclic) bond motifs is 2. The number of amides is 1. The van der Waals surface area contributed by atoms with Crippen molar-refractivity contribution >= 4 is 40.4 Å². The fraction of sp³-hybridized carbons (Fsp3) is 0.276. The van der Waals surface area contributed by atoms with Gasteiger partial charge in [0.25, 0.3) is 5.91 Å². The molecule has 1 amide bonds. The Morgan fingerprint density at radius 2 is 1.97 bits per heavy atom. The lowest BCUT2D eigenvalue weighted by Gasteiger charge is -2.27. The van der Waals surface area contributed by atoms with Gasteiger partial charge in [-0.2, -0.15) is 5.10 Å². The second kappa shape index (κ2) is 9.47. The molecule has 4 aromatic rings. The van der Waals surface area contributed by atoms with E-state index in [0.29, 0.717) is 0 Å². The normalized spacial score (nSPS) is 20.7. The molecule has 0 bridgehead atoms. The van der Waals surface area contributed by atoms with Gasteiger partial charge in [-0.15, -0.1) is 0 Å². The summed E-state index contributed by atoms with van der Waals surface area (Å²) in [6, 6.07) is 15.7. The van der Waals surface area contributed by atoms with E-state index in [1.807, 2.05) is 24.3 Å². The van der Waals surface area contributed by atoms with Crippen molar-refractivity contribution in [2.45, 2.75) is 44.2 Å². The Labute approximate surface area is 214 Å². The van der Waals surface area contributed by atoms with Crippen molar-refractivity contribution in [1.29, 1.82) is 0 Å². The number of rotatable bonds is 5. The molecule has 2 atom stereocenters. The zero-order valence-electron chi connectivity index (χ0n) is 20.3. The molecule has 1 fully saturated rings. The summed E-state index contributed by atoms with van der Waals surface area (Å²) < 4.78 is 11.4. The van der Waals surface area contributed by atoms with Crippen LogP contribution in [0.15, 0.2) is 85.6 Å². The van der Waals surface area contributed by atoms with E-state index in [1.54, 1.807) is 17.5 Å². The van der Waals surface area contributed by atoms with Crippen molar-refractivity contribution < 1.29 is 13.6 Å². The average Bonchev–Trinajstić information content (AvgIpc) is 3.64. The van der Waals surface area contributed by atoms with E-state index in [2.05, 4.69) is 44.2 Å². The Hall–Kier alpha value is -3.58. The molecule has 4 heterocycles. The maximum atomic E-state index is 13.6. The summed E-state index contributed by atoms with van der Waals surface area (Å²) in [4.78, 5) is 18.4. The van der Waals surface area contributed by atoms with Crippen LogP contribution in [0.3, 0.4) is 0 Å². The number of pyridine rings is 1. The van der Waals surface area contributed by atoms with Crippen LogP contribution in [0, 0.1) is 19.8 Å². The van der Waals surface area contributed by atoms with E-state index in [9.17, 15) is 4.79 Å². The molecule has 0 spiro atoms. The third-order valence-electron chi connectivity index (χ3n) is 7.02. The molecule has 2 aliphatic rings. The van der Waals surface area contributed by atoms with Gasteiger partial charge < -0.3 is 8.83 Å². The van der Waals surface area contributed by atoms with Gasteiger partial charge in [0.2, 0.25) is 0 Å². The molecule has 1 aromatic carbocycles. The Kier molecular flexibility index (Phi) is 6.01. The number of allylic oxidation sites excluding steroid dienone is 1. The third kappa shape index (κ3) is 4.17. The van der Waals surface area contributed by atoms with E-state index in [1.165, 1.54) is 11.8 Å². The molecule has 1 saturated carbocycles. The third-order valence-corrected chi connectivity index (χ3v) is 7.92. The Balaban J connectivity index is 1.29. The average molecular weight is 498 g/mol. The number of benzene rings is 1. The monoisotopic (exact) mass is 497 g/mol. The van der Waals surface area contributed by atoms with Crippen LogP contribution in [0.2, 0.25) is 0 Å². The fourth-order valence-corrected chi connectivity index (χ4v) is 6.12. The molecule has 6 rings (SSSR count). The molecule has 6 nitrogen and oxygen atoms in total. The second-order valence-corrected chi connectivity index (χ2v) is 10.4. The first-order chi connectivity index (χ1) is 17.6. The van der Waals surface area contributed by atoms with Gasteiger partial charge >= 0.3 is 0 Å². The molecule has 3 aromatic heterocycles. The van der Waals surface area contributed by atoms with E-state index >= 15 is 0 Å². The Morgan fingerprint density at radius 3 is 2.78 bits per heavy atom. The first kappa shape index (κ1) is 22.9. The van der Waals surface area contributed by atoms with Gasteiger partial charge in [-0.3, -0.25) is 4.79 Å². The lowest BCUT2D eigenvalue weighted by Crippen LogP contribution is -2.32. The summed E-state index contributed by atoms with van der Waals surface area (Å²) in [6.07, 6.45) is 8.29. The molecule has 0 radical (unpaired) electrons. The van der Waals surface area contributed by atoms with Crippen LogP contribution in [0.25, 0.3) is 17.0 Å². The molecular formula is C29H27N3O3S. The van der Waals surface area contributed by atoms with Gasteiger partial charge in [-0.1, -0.05) is 30.0 Å². The van der Waals surface area contributed by atoms with Crippen LogP contribution in [-0.2, 0) is 4.79 Å². The van der Waals surface area contributed by atoms with Crippen molar-refractivity contribution in [3.05, 3.63) is 89.3 Å². The highest BCUT2D eigenvalue weighted by atomic mass is 32.2. The summed E-state index contributed by atoms with van der Waals surface area (Å²) in [5.74, 6) is 1.87. The lowest BCUT2D eigenvalue weighted by molar-refractivity contribution is -0.131. The van der Waals surface area contributed by atoms with Gasteiger partial charge in [0.1, 0.15) is 17.6 Å². The van der Waals surface area contributed by atoms with Crippen LogP contribution >= 0.6 is 11.8 Å². The van der Waals surface area contributed by atoms with Crippen molar-refractivity contribution in [3.8, 4) is 0 Å². The summed E-state index contributed by atoms with van der Waals surface area (Å²) in [7, 11) is 0. The first-order valence-corrected chi connectivity index (χ1v) is 13.3. The largest absolute Gasteiger partial charge is 0.467 e. The van der Waals surface area contributed by atoms with Crippen molar-refractivity contribution in [2.75, 3.05) is 5.75 Å². The quantitative estimate of drug-likeness (QED) is 0.279. The smallest absolute Gasteiger partial charge is 0.253 e. The van der Waals surface area contributed by atoms with Crippen molar-refractivity contribution in [3.63, 3.8) is 0 Å².